The van der Waals surface area contributed by atoms with Crippen LogP contribution in [-0.4, -0.2) is 58.0 Å². The molecule has 0 aromatic carbocycles. The molecule has 0 saturated carbocycles. The molecule has 1 fully saturated rings. The molecule has 1 aliphatic heterocycles. The molecule has 0 aromatic heterocycles. The maximum Gasteiger partial charge on any atom is 0.0593 e. The molecule has 0 amide bonds. The zero-order valence-corrected chi connectivity index (χ0v) is 10.7. The monoisotopic (exact) mass is 230 g/mol. The number of rotatable bonds is 7. The first-order valence-electron chi connectivity index (χ1n) is 6.26. The molecule has 0 spiro atoms. The van der Waals surface area contributed by atoms with Gasteiger partial charge in [-0.3, -0.25) is 0 Å². The van der Waals surface area contributed by atoms with E-state index >= 15 is 0 Å². The van der Waals surface area contributed by atoms with E-state index in [-0.39, 0.29) is 5.41 Å². The Morgan fingerprint density at radius 3 is 2.88 bits per heavy atom. The van der Waals surface area contributed by atoms with E-state index in [1.165, 1.54) is 6.42 Å². The van der Waals surface area contributed by atoms with Crippen LogP contribution in [0.3, 0.4) is 0 Å². The molecule has 2 N–H and O–H groups in total. The molecule has 1 rings (SSSR count). The summed E-state index contributed by atoms with van der Waals surface area (Å²) in [6.45, 7) is 8.01. The van der Waals surface area contributed by atoms with Crippen molar-refractivity contribution in [2.75, 3.05) is 53.1 Å². The molecule has 1 aliphatic rings. The second-order valence-corrected chi connectivity index (χ2v) is 4.79. The van der Waals surface area contributed by atoms with E-state index in [1.807, 2.05) is 6.92 Å². The molecule has 0 aromatic rings. The first-order chi connectivity index (χ1) is 7.72. The third kappa shape index (κ3) is 4.37. The van der Waals surface area contributed by atoms with Crippen LogP contribution in [0.2, 0.25) is 0 Å². The van der Waals surface area contributed by atoms with Crippen LogP contribution in [0.25, 0.3) is 0 Å². The smallest absolute Gasteiger partial charge is 0.0593 e. The van der Waals surface area contributed by atoms with Gasteiger partial charge < -0.3 is 20.1 Å². The van der Waals surface area contributed by atoms with Crippen LogP contribution in [-0.2, 0) is 9.47 Å². The predicted octanol–water partition coefficient (Wildman–Crippen LogP) is 0.710. The highest BCUT2D eigenvalue weighted by molar-refractivity contribution is 4.85. The van der Waals surface area contributed by atoms with Crippen molar-refractivity contribution < 1.29 is 9.47 Å². The van der Waals surface area contributed by atoms with Gasteiger partial charge in [0.1, 0.15) is 0 Å². The topological polar surface area (TPSA) is 47.7 Å². The molecule has 0 bridgehead atoms. The lowest BCUT2D eigenvalue weighted by molar-refractivity contribution is -0.0212. The zero-order chi connectivity index (χ0) is 11.9. The highest BCUT2D eigenvalue weighted by Crippen LogP contribution is 2.28. The standard InChI is InChI=1S/C12H26N2O2/c1-3-15-8-6-14(2)10-12(9-13)5-4-7-16-11-12/h3-11,13H2,1-2H3. The third-order valence-electron chi connectivity index (χ3n) is 3.26. The van der Waals surface area contributed by atoms with Gasteiger partial charge in [0, 0.05) is 38.3 Å². The predicted molar refractivity (Wildman–Crippen MR) is 65.5 cm³/mol. The van der Waals surface area contributed by atoms with Crippen molar-refractivity contribution in [3.8, 4) is 0 Å². The van der Waals surface area contributed by atoms with Crippen LogP contribution in [0, 0.1) is 5.41 Å². The second-order valence-electron chi connectivity index (χ2n) is 4.79. The fourth-order valence-electron chi connectivity index (χ4n) is 2.28. The van der Waals surface area contributed by atoms with Crippen LogP contribution >= 0.6 is 0 Å². The Hall–Kier alpha value is -0.160. The quantitative estimate of drug-likeness (QED) is 0.654. The van der Waals surface area contributed by atoms with Crippen molar-refractivity contribution in [1.82, 2.24) is 4.90 Å². The summed E-state index contributed by atoms with van der Waals surface area (Å²) in [5, 5.41) is 0. The number of nitrogens with zero attached hydrogens (tertiary/aromatic N) is 1. The summed E-state index contributed by atoms with van der Waals surface area (Å²) in [7, 11) is 2.13. The Morgan fingerprint density at radius 1 is 1.50 bits per heavy atom. The van der Waals surface area contributed by atoms with Crippen LogP contribution in [0.5, 0.6) is 0 Å². The fourth-order valence-corrected chi connectivity index (χ4v) is 2.28. The third-order valence-corrected chi connectivity index (χ3v) is 3.26. The molecule has 4 heteroatoms. The Balaban J connectivity index is 2.30. The van der Waals surface area contributed by atoms with E-state index in [0.29, 0.717) is 6.54 Å². The fraction of sp³-hybridized carbons (Fsp3) is 1.00. The van der Waals surface area contributed by atoms with Crippen molar-refractivity contribution in [1.29, 1.82) is 0 Å². The number of likely N-dealkylation sites (N-methyl/N-ethyl adjacent to an activating group) is 1. The lowest BCUT2D eigenvalue weighted by Crippen LogP contribution is -2.47. The Morgan fingerprint density at radius 2 is 2.31 bits per heavy atom. The van der Waals surface area contributed by atoms with E-state index in [9.17, 15) is 0 Å². The minimum atomic E-state index is 0.166. The number of nitrogens with two attached hydrogens (primary N) is 1. The Bertz CT molecular complexity index is 182. The van der Waals surface area contributed by atoms with E-state index in [0.717, 1.165) is 45.9 Å². The first-order valence-corrected chi connectivity index (χ1v) is 6.26. The summed E-state index contributed by atoms with van der Waals surface area (Å²) in [5.74, 6) is 0. The molecule has 4 nitrogen and oxygen atoms in total. The van der Waals surface area contributed by atoms with Gasteiger partial charge in [-0.15, -0.1) is 0 Å². The van der Waals surface area contributed by atoms with Crippen LogP contribution in [0.4, 0.5) is 0 Å². The van der Waals surface area contributed by atoms with E-state index in [1.54, 1.807) is 0 Å². The Labute approximate surface area is 99.1 Å². The highest BCUT2D eigenvalue weighted by atomic mass is 16.5. The van der Waals surface area contributed by atoms with E-state index < -0.39 is 0 Å². The average Bonchev–Trinajstić information content (AvgIpc) is 2.30. The van der Waals surface area contributed by atoms with Gasteiger partial charge in [-0.2, -0.15) is 0 Å². The van der Waals surface area contributed by atoms with Crippen molar-refractivity contribution >= 4 is 0 Å². The summed E-state index contributed by atoms with van der Waals surface area (Å²) >= 11 is 0. The summed E-state index contributed by atoms with van der Waals surface area (Å²) in [6.07, 6.45) is 2.32. The average molecular weight is 230 g/mol. The number of ether oxygens (including phenoxy) is 2. The maximum atomic E-state index is 5.90. The van der Waals surface area contributed by atoms with Crippen LogP contribution in [0.1, 0.15) is 19.8 Å². The van der Waals surface area contributed by atoms with Gasteiger partial charge in [0.05, 0.1) is 13.2 Å². The molecule has 1 heterocycles. The molecule has 0 aliphatic carbocycles. The molecular weight excluding hydrogens is 204 g/mol. The van der Waals surface area contributed by atoms with Gasteiger partial charge in [-0.25, -0.2) is 0 Å². The van der Waals surface area contributed by atoms with Crippen LogP contribution in [0.15, 0.2) is 0 Å². The minimum absolute atomic E-state index is 0.166. The largest absolute Gasteiger partial charge is 0.381 e. The molecule has 1 saturated heterocycles. The van der Waals surface area contributed by atoms with Crippen molar-refractivity contribution in [3.05, 3.63) is 0 Å². The molecule has 0 radical (unpaired) electrons. The van der Waals surface area contributed by atoms with E-state index in [4.69, 9.17) is 15.2 Å². The summed E-state index contributed by atoms with van der Waals surface area (Å²) < 4.78 is 10.9. The van der Waals surface area contributed by atoms with Gasteiger partial charge in [0.25, 0.3) is 0 Å². The molecule has 1 atom stereocenters. The number of hydrogen-bond acceptors (Lipinski definition) is 4. The zero-order valence-electron chi connectivity index (χ0n) is 10.7. The van der Waals surface area contributed by atoms with Crippen molar-refractivity contribution in [3.63, 3.8) is 0 Å². The van der Waals surface area contributed by atoms with Gasteiger partial charge in [-0.1, -0.05) is 0 Å². The first kappa shape index (κ1) is 13.9. The van der Waals surface area contributed by atoms with Crippen molar-refractivity contribution in [2.45, 2.75) is 19.8 Å². The van der Waals surface area contributed by atoms with Gasteiger partial charge in [0.2, 0.25) is 0 Å². The molecule has 16 heavy (non-hydrogen) atoms. The molecular formula is C12H26N2O2. The second kappa shape index (κ2) is 7.22. The van der Waals surface area contributed by atoms with Gasteiger partial charge in [0.15, 0.2) is 0 Å². The number of hydrogen-bond donors (Lipinski definition) is 1. The van der Waals surface area contributed by atoms with Gasteiger partial charge >= 0.3 is 0 Å². The summed E-state index contributed by atoms with van der Waals surface area (Å²) in [4.78, 5) is 2.30. The molecule has 1 unspecified atom stereocenters. The summed E-state index contributed by atoms with van der Waals surface area (Å²) in [5.41, 5.74) is 6.07. The minimum Gasteiger partial charge on any atom is -0.381 e. The van der Waals surface area contributed by atoms with Crippen molar-refractivity contribution in [2.24, 2.45) is 11.1 Å². The van der Waals surface area contributed by atoms with Crippen LogP contribution < -0.4 is 5.73 Å². The lowest BCUT2D eigenvalue weighted by Gasteiger charge is -2.38. The Kier molecular flexibility index (Phi) is 6.28. The SMILES string of the molecule is CCOCCN(C)CC1(CN)CCCOC1. The maximum absolute atomic E-state index is 5.90. The lowest BCUT2D eigenvalue weighted by atomic mass is 9.82. The molecule has 96 valence electrons. The highest BCUT2D eigenvalue weighted by Gasteiger charge is 2.32. The van der Waals surface area contributed by atoms with E-state index in [2.05, 4.69) is 11.9 Å². The van der Waals surface area contributed by atoms with Gasteiger partial charge in [-0.05, 0) is 26.8 Å². The normalized spacial score (nSPS) is 26.2. The summed E-state index contributed by atoms with van der Waals surface area (Å²) in [6, 6.07) is 0.